The number of alkyl carbamates (subject to hydrolysis) is 1. The molecule has 3 atom stereocenters. The van der Waals surface area contributed by atoms with Crippen LogP contribution in [0.5, 0.6) is 0 Å². The third kappa shape index (κ3) is 11.2. The number of ketones is 2. The van der Waals surface area contributed by atoms with Gasteiger partial charge < -0.3 is 25.6 Å². The monoisotopic (exact) mass is 590 g/mol. The topological polar surface area (TPSA) is 151 Å². The number of carbonyl (C=O) groups excluding carboxylic acids is 6. The highest BCUT2D eigenvalue weighted by Crippen LogP contribution is 2.30. The second-order valence-corrected chi connectivity index (χ2v) is 13.6. The lowest BCUT2D eigenvalue weighted by atomic mass is 9.89. The van der Waals surface area contributed by atoms with E-state index in [0.717, 1.165) is 25.7 Å². The average molecular weight is 591 g/mol. The highest BCUT2D eigenvalue weighted by Gasteiger charge is 2.42. The van der Waals surface area contributed by atoms with E-state index in [2.05, 4.69) is 22.5 Å². The molecule has 2 aliphatic rings. The molecule has 1 heterocycles. The van der Waals surface area contributed by atoms with E-state index in [9.17, 15) is 28.8 Å². The number of ether oxygens (including phenoxy) is 1. The summed E-state index contributed by atoms with van der Waals surface area (Å²) in [6.45, 7) is 15.1. The minimum atomic E-state index is -1.16. The summed E-state index contributed by atoms with van der Waals surface area (Å²) in [7, 11) is 0. The second-order valence-electron chi connectivity index (χ2n) is 13.6. The lowest BCUT2D eigenvalue weighted by Crippen LogP contribution is -2.57. The molecule has 1 saturated carbocycles. The summed E-state index contributed by atoms with van der Waals surface area (Å²) in [5.74, 6) is -2.73. The van der Waals surface area contributed by atoms with Crippen LogP contribution in [0.4, 0.5) is 4.79 Å². The van der Waals surface area contributed by atoms with Crippen molar-refractivity contribution in [1.29, 1.82) is 0 Å². The van der Waals surface area contributed by atoms with E-state index in [4.69, 9.17) is 4.74 Å². The van der Waals surface area contributed by atoms with Crippen LogP contribution in [-0.2, 0) is 28.7 Å². The Kier molecular flexibility index (Phi) is 12.7. The quantitative estimate of drug-likeness (QED) is 0.220. The van der Waals surface area contributed by atoms with Crippen molar-refractivity contribution in [1.82, 2.24) is 20.9 Å². The van der Waals surface area contributed by atoms with Gasteiger partial charge in [-0.05, 0) is 64.2 Å². The van der Waals surface area contributed by atoms with Gasteiger partial charge in [-0.15, -0.1) is 6.58 Å². The Labute approximate surface area is 249 Å². The summed E-state index contributed by atoms with van der Waals surface area (Å²) < 4.78 is 5.40. The standard InChI is InChI=1S/C31H50N4O7/c1-8-12-22(25(37)27(39)32-17-16-21(36)19-30(2,3)4)33-26(38)23-15-11-18-35(23)28(40)24(20-13-9-10-14-20)34-29(41)42-31(5,6)7/h8,20,22-24H,1,9-19H2,2-7H3,(H,32,39)(H,33,38)(H,34,41)/t22?,23-,24-/m0/s1. The average Bonchev–Trinajstić information content (AvgIpc) is 3.56. The van der Waals surface area contributed by atoms with Gasteiger partial charge in [0, 0.05) is 25.9 Å². The maximum atomic E-state index is 13.8. The van der Waals surface area contributed by atoms with Crippen molar-refractivity contribution in [3.8, 4) is 0 Å². The molecule has 0 spiro atoms. The van der Waals surface area contributed by atoms with Crippen LogP contribution in [-0.4, -0.2) is 77.1 Å². The fourth-order valence-electron chi connectivity index (χ4n) is 5.49. The van der Waals surface area contributed by atoms with Crippen molar-refractivity contribution in [2.24, 2.45) is 11.3 Å². The van der Waals surface area contributed by atoms with Gasteiger partial charge in [-0.25, -0.2) is 4.79 Å². The Bertz CT molecular complexity index is 1020. The molecule has 1 saturated heterocycles. The van der Waals surface area contributed by atoms with Gasteiger partial charge in [-0.2, -0.15) is 0 Å². The van der Waals surface area contributed by atoms with Gasteiger partial charge in [0.05, 0.1) is 0 Å². The fraction of sp³-hybridized carbons (Fsp3) is 0.742. The zero-order chi connectivity index (χ0) is 31.7. The largest absolute Gasteiger partial charge is 0.444 e. The fourth-order valence-corrected chi connectivity index (χ4v) is 5.49. The van der Waals surface area contributed by atoms with Crippen molar-refractivity contribution in [3.05, 3.63) is 12.7 Å². The predicted octanol–water partition coefficient (Wildman–Crippen LogP) is 3.20. The van der Waals surface area contributed by atoms with Gasteiger partial charge in [0.1, 0.15) is 29.5 Å². The molecule has 0 aromatic rings. The third-order valence-electron chi connectivity index (χ3n) is 7.32. The van der Waals surface area contributed by atoms with Crippen LogP contribution in [0.15, 0.2) is 12.7 Å². The number of hydrogen-bond acceptors (Lipinski definition) is 7. The molecule has 1 aliphatic carbocycles. The Morgan fingerprint density at radius 3 is 2.17 bits per heavy atom. The zero-order valence-corrected chi connectivity index (χ0v) is 26.2. The predicted molar refractivity (Wildman–Crippen MR) is 158 cm³/mol. The molecule has 0 radical (unpaired) electrons. The molecular weight excluding hydrogens is 540 g/mol. The SMILES string of the molecule is C=CCC(NC(=O)[C@@H]1CCCN1C(=O)[C@@H](NC(=O)OC(C)(C)C)C1CCCC1)C(=O)C(=O)NCCC(=O)CC(C)(C)C. The van der Waals surface area contributed by atoms with Crippen molar-refractivity contribution in [2.45, 2.75) is 123 Å². The van der Waals surface area contributed by atoms with E-state index >= 15 is 0 Å². The van der Waals surface area contributed by atoms with Crippen molar-refractivity contribution < 1.29 is 33.5 Å². The van der Waals surface area contributed by atoms with Gasteiger partial charge in [-0.1, -0.05) is 39.7 Å². The molecular formula is C31H50N4O7. The first-order valence-electron chi connectivity index (χ1n) is 15.1. The van der Waals surface area contributed by atoms with E-state index < -0.39 is 47.4 Å². The first-order valence-corrected chi connectivity index (χ1v) is 15.1. The van der Waals surface area contributed by atoms with E-state index in [0.29, 0.717) is 25.8 Å². The lowest BCUT2D eigenvalue weighted by molar-refractivity contribution is -0.143. The summed E-state index contributed by atoms with van der Waals surface area (Å²) in [6.07, 6.45) is 5.66. The summed E-state index contributed by atoms with van der Waals surface area (Å²) in [6, 6.07) is -2.84. The minimum Gasteiger partial charge on any atom is -0.444 e. The van der Waals surface area contributed by atoms with Crippen molar-refractivity contribution >= 4 is 35.4 Å². The number of rotatable bonds is 13. The Hall–Kier alpha value is -3.24. The third-order valence-corrected chi connectivity index (χ3v) is 7.32. The molecule has 3 N–H and O–H groups in total. The molecule has 0 aromatic heterocycles. The molecule has 1 aliphatic heterocycles. The van der Waals surface area contributed by atoms with E-state index in [1.807, 2.05) is 20.8 Å². The second kappa shape index (κ2) is 15.3. The summed E-state index contributed by atoms with van der Waals surface area (Å²) in [5, 5.41) is 7.88. The van der Waals surface area contributed by atoms with Gasteiger partial charge in [0.15, 0.2) is 0 Å². The van der Waals surface area contributed by atoms with Crippen LogP contribution in [0.1, 0.15) is 99.3 Å². The molecule has 0 aromatic carbocycles. The van der Waals surface area contributed by atoms with Crippen LogP contribution in [0.3, 0.4) is 0 Å². The van der Waals surface area contributed by atoms with E-state index in [-0.39, 0.29) is 42.4 Å². The van der Waals surface area contributed by atoms with E-state index in [1.165, 1.54) is 11.0 Å². The number of carbonyl (C=O) groups is 6. The Morgan fingerprint density at radius 1 is 0.952 bits per heavy atom. The number of hydrogen-bond donors (Lipinski definition) is 3. The van der Waals surface area contributed by atoms with Crippen LogP contribution >= 0.6 is 0 Å². The first-order chi connectivity index (χ1) is 19.5. The number of amides is 4. The molecule has 4 amide bonds. The Balaban J connectivity index is 2.06. The van der Waals surface area contributed by atoms with Crippen LogP contribution in [0, 0.1) is 11.3 Å². The highest BCUT2D eigenvalue weighted by atomic mass is 16.6. The number of nitrogens with one attached hydrogen (secondary N) is 3. The van der Waals surface area contributed by atoms with E-state index in [1.54, 1.807) is 20.8 Å². The smallest absolute Gasteiger partial charge is 0.408 e. The zero-order valence-electron chi connectivity index (χ0n) is 26.2. The minimum absolute atomic E-state index is 0.0192. The van der Waals surface area contributed by atoms with Crippen molar-refractivity contribution in [2.75, 3.05) is 13.1 Å². The molecule has 1 unspecified atom stereocenters. The maximum Gasteiger partial charge on any atom is 0.408 e. The first kappa shape index (κ1) is 35.0. The molecule has 2 rings (SSSR count). The lowest BCUT2D eigenvalue weighted by Gasteiger charge is -2.32. The van der Waals surface area contributed by atoms with Gasteiger partial charge >= 0.3 is 6.09 Å². The highest BCUT2D eigenvalue weighted by molar-refractivity contribution is 6.38. The normalized spacial score (nSPS) is 19.0. The van der Waals surface area contributed by atoms with Gasteiger partial charge in [0.25, 0.3) is 5.91 Å². The van der Waals surface area contributed by atoms with Gasteiger partial charge in [-0.3, -0.25) is 24.0 Å². The van der Waals surface area contributed by atoms with Gasteiger partial charge in [0.2, 0.25) is 17.6 Å². The maximum absolute atomic E-state index is 13.8. The molecule has 0 bridgehead atoms. The van der Waals surface area contributed by atoms with Crippen molar-refractivity contribution in [3.63, 3.8) is 0 Å². The molecule has 236 valence electrons. The number of Topliss-reactive ketones (excluding diaryl/α,β-unsaturated/α-hetero) is 2. The molecule has 2 fully saturated rings. The molecule has 42 heavy (non-hydrogen) atoms. The van der Waals surface area contributed by atoms with Crippen LogP contribution in [0.25, 0.3) is 0 Å². The molecule has 11 heteroatoms. The summed E-state index contributed by atoms with van der Waals surface area (Å²) >= 11 is 0. The number of nitrogens with zero attached hydrogens (tertiary/aromatic N) is 1. The summed E-state index contributed by atoms with van der Waals surface area (Å²) in [4.78, 5) is 78.8. The number of likely N-dealkylation sites (tertiary alicyclic amines) is 1. The molecule has 11 nitrogen and oxygen atoms in total. The Morgan fingerprint density at radius 2 is 1.60 bits per heavy atom. The van der Waals surface area contributed by atoms with Crippen LogP contribution in [0.2, 0.25) is 0 Å². The van der Waals surface area contributed by atoms with Crippen LogP contribution < -0.4 is 16.0 Å². The summed E-state index contributed by atoms with van der Waals surface area (Å²) in [5.41, 5.74) is -0.904.